The zero-order valence-corrected chi connectivity index (χ0v) is 17.1. The summed E-state index contributed by atoms with van der Waals surface area (Å²) in [6, 6.07) is 8.18. The Morgan fingerprint density at radius 1 is 1.24 bits per heavy atom. The Bertz CT molecular complexity index is 1070. The van der Waals surface area contributed by atoms with Gasteiger partial charge in [0.1, 0.15) is 11.3 Å². The van der Waals surface area contributed by atoms with Crippen molar-refractivity contribution in [3.63, 3.8) is 0 Å². The highest BCUT2D eigenvalue weighted by Gasteiger charge is 2.25. The first-order valence-corrected chi connectivity index (χ1v) is 9.42. The monoisotopic (exact) mass is 415 g/mol. The number of amides is 1. The summed E-state index contributed by atoms with van der Waals surface area (Å²) in [7, 11) is 0. The van der Waals surface area contributed by atoms with E-state index in [1.807, 2.05) is 12.1 Å². The molecule has 1 amide bonds. The number of hydrogen-bond acceptors (Lipinski definition) is 5. The molecule has 2 N–H and O–H groups in total. The van der Waals surface area contributed by atoms with Crippen LogP contribution in [0.1, 0.15) is 36.7 Å². The predicted octanol–water partition coefficient (Wildman–Crippen LogP) is 2.02. The molecule has 0 saturated carbocycles. The average Bonchev–Trinajstić information content (AvgIpc) is 3.11. The lowest BCUT2D eigenvalue weighted by molar-refractivity contribution is 0.0408. The molecule has 0 aliphatic heterocycles. The van der Waals surface area contributed by atoms with E-state index in [-0.39, 0.29) is 5.56 Å². The summed E-state index contributed by atoms with van der Waals surface area (Å²) in [6.07, 6.45) is 4.55. The van der Waals surface area contributed by atoms with Gasteiger partial charge in [0.25, 0.3) is 11.5 Å². The van der Waals surface area contributed by atoms with Gasteiger partial charge < -0.3 is 10.4 Å². The van der Waals surface area contributed by atoms with Gasteiger partial charge in [-0.05, 0) is 44.5 Å². The van der Waals surface area contributed by atoms with E-state index in [0.29, 0.717) is 17.3 Å². The van der Waals surface area contributed by atoms with Crippen molar-refractivity contribution in [3.8, 4) is 5.69 Å². The van der Waals surface area contributed by atoms with Crippen LogP contribution in [0.4, 0.5) is 0 Å². The van der Waals surface area contributed by atoms with Crippen LogP contribution in [0.5, 0.6) is 0 Å². The maximum Gasteiger partial charge on any atom is 0.284 e. The fourth-order valence-electron chi connectivity index (χ4n) is 2.55. The molecule has 0 spiro atoms. The Hall–Kier alpha value is -2.97. The van der Waals surface area contributed by atoms with Gasteiger partial charge in [0.05, 0.1) is 30.6 Å². The molecule has 0 fully saturated rings. The van der Waals surface area contributed by atoms with Gasteiger partial charge in [0.2, 0.25) is 0 Å². The molecule has 1 aromatic carbocycles. The molecule has 0 unspecified atom stereocenters. The molecule has 0 bridgehead atoms. The topological polar surface area (TPSA) is 102 Å². The van der Waals surface area contributed by atoms with Crippen LogP contribution < -0.4 is 10.9 Å². The molecule has 0 saturated heterocycles. The van der Waals surface area contributed by atoms with Crippen LogP contribution in [0, 0.1) is 0 Å². The van der Waals surface area contributed by atoms with Crippen molar-refractivity contribution < 1.29 is 9.90 Å². The molecule has 8 nitrogen and oxygen atoms in total. The van der Waals surface area contributed by atoms with E-state index in [1.165, 1.54) is 18.5 Å². The first-order chi connectivity index (χ1) is 13.6. The first kappa shape index (κ1) is 20.8. The van der Waals surface area contributed by atoms with Gasteiger partial charge in [-0.1, -0.05) is 23.7 Å². The molecule has 0 aliphatic rings. The van der Waals surface area contributed by atoms with Crippen LogP contribution in [0.3, 0.4) is 0 Å². The number of rotatable bonds is 6. The van der Waals surface area contributed by atoms with Gasteiger partial charge in [0.15, 0.2) is 0 Å². The third kappa shape index (κ3) is 4.90. The van der Waals surface area contributed by atoms with E-state index in [0.717, 1.165) is 10.2 Å². The van der Waals surface area contributed by atoms with Gasteiger partial charge >= 0.3 is 0 Å². The van der Waals surface area contributed by atoms with E-state index >= 15 is 0 Å². The smallest absolute Gasteiger partial charge is 0.284 e. The molecule has 152 valence electrons. The molecule has 0 aliphatic carbocycles. The molecule has 2 aromatic heterocycles. The van der Waals surface area contributed by atoms with E-state index in [4.69, 9.17) is 11.6 Å². The number of hydrogen-bond donors (Lipinski definition) is 2. The van der Waals surface area contributed by atoms with Crippen molar-refractivity contribution in [2.24, 2.45) is 0 Å². The number of aliphatic hydroxyl groups is 1. The molecule has 2 heterocycles. The maximum atomic E-state index is 12.8. The summed E-state index contributed by atoms with van der Waals surface area (Å²) in [6.45, 7) is 5.32. The van der Waals surface area contributed by atoms with Crippen molar-refractivity contribution in [1.82, 2.24) is 24.9 Å². The van der Waals surface area contributed by atoms with Gasteiger partial charge in [-0.15, -0.1) is 0 Å². The molecule has 3 rings (SSSR count). The summed E-state index contributed by atoms with van der Waals surface area (Å²) >= 11 is 5.90. The third-order valence-electron chi connectivity index (χ3n) is 4.62. The molecule has 29 heavy (non-hydrogen) atoms. The van der Waals surface area contributed by atoms with Crippen molar-refractivity contribution in [2.75, 3.05) is 0 Å². The summed E-state index contributed by atoms with van der Waals surface area (Å²) < 4.78 is 2.78. The van der Waals surface area contributed by atoms with Crippen LogP contribution in [-0.2, 0) is 6.54 Å². The van der Waals surface area contributed by atoms with Crippen LogP contribution in [-0.4, -0.2) is 42.2 Å². The number of carbonyl (C=O) groups excluding carboxylic acids is 1. The lowest BCUT2D eigenvalue weighted by Gasteiger charge is -2.26. The first-order valence-electron chi connectivity index (χ1n) is 9.04. The largest absolute Gasteiger partial charge is 0.388 e. The Balaban J connectivity index is 1.83. The molecule has 9 heteroatoms. The molecule has 1 atom stereocenters. The predicted molar refractivity (Wildman–Crippen MR) is 109 cm³/mol. The van der Waals surface area contributed by atoms with Crippen LogP contribution >= 0.6 is 11.6 Å². The van der Waals surface area contributed by atoms with Crippen molar-refractivity contribution in [3.05, 3.63) is 75.4 Å². The van der Waals surface area contributed by atoms with Crippen molar-refractivity contribution >= 4 is 17.5 Å². The highest BCUT2D eigenvalue weighted by molar-refractivity contribution is 6.30. The van der Waals surface area contributed by atoms with E-state index in [2.05, 4.69) is 15.5 Å². The van der Waals surface area contributed by atoms with Gasteiger partial charge in [0, 0.05) is 11.2 Å². The number of aromatic nitrogens is 4. The number of nitrogens with zero attached hydrogens (tertiary/aromatic N) is 4. The van der Waals surface area contributed by atoms with Crippen LogP contribution in [0.15, 0.2) is 53.7 Å². The number of halogens is 1. The molecular formula is C20H22ClN5O3. The SMILES string of the molecule is C[C@H](NC(=O)c1ccnn(-c2cnn(Cc3ccc(Cl)cc3)c2)c1=O)C(C)(C)O. The van der Waals surface area contributed by atoms with Crippen LogP contribution in [0.25, 0.3) is 5.69 Å². The normalized spacial score (nSPS) is 12.6. The number of nitrogens with one attached hydrogen (secondary N) is 1. The molecule has 3 aromatic rings. The van der Waals surface area contributed by atoms with Crippen LogP contribution in [0.2, 0.25) is 5.02 Å². The number of carbonyl (C=O) groups is 1. The maximum absolute atomic E-state index is 12.8. The average molecular weight is 416 g/mol. The minimum Gasteiger partial charge on any atom is -0.388 e. The Morgan fingerprint density at radius 2 is 1.93 bits per heavy atom. The van der Waals surface area contributed by atoms with Gasteiger partial charge in [-0.2, -0.15) is 14.9 Å². The zero-order chi connectivity index (χ0) is 21.2. The molecular weight excluding hydrogens is 394 g/mol. The second-order valence-electron chi connectivity index (χ2n) is 7.33. The highest BCUT2D eigenvalue weighted by atomic mass is 35.5. The quantitative estimate of drug-likeness (QED) is 0.641. The second kappa shape index (κ2) is 8.18. The fraction of sp³-hybridized carbons (Fsp3) is 0.300. The minimum absolute atomic E-state index is 0.0680. The number of benzene rings is 1. The second-order valence-corrected chi connectivity index (χ2v) is 7.77. The van der Waals surface area contributed by atoms with Crippen molar-refractivity contribution in [2.45, 2.75) is 39.0 Å². The lowest BCUT2D eigenvalue weighted by atomic mass is 10.0. The lowest BCUT2D eigenvalue weighted by Crippen LogP contribution is -2.48. The summed E-state index contributed by atoms with van der Waals surface area (Å²) in [5.74, 6) is -0.575. The third-order valence-corrected chi connectivity index (χ3v) is 4.87. The Kier molecular flexibility index (Phi) is 5.86. The summed E-state index contributed by atoms with van der Waals surface area (Å²) in [5, 5.41) is 21.6. The van der Waals surface area contributed by atoms with E-state index in [9.17, 15) is 14.7 Å². The summed E-state index contributed by atoms with van der Waals surface area (Å²) in [4.78, 5) is 25.3. The standard InChI is InChI=1S/C20H22ClN5O3/c1-13(20(2,3)29)24-18(27)17-8-9-22-26(19(17)28)16-10-23-25(12-16)11-14-4-6-15(21)7-5-14/h4-10,12-13,29H,11H2,1-3H3,(H,24,27)/t13-/m0/s1. The van der Waals surface area contributed by atoms with Gasteiger partial charge in [-0.25, -0.2) is 0 Å². The van der Waals surface area contributed by atoms with E-state index < -0.39 is 23.1 Å². The molecule has 0 radical (unpaired) electrons. The fourth-order valence-corrected chi connectivity index (χ4v) is 2.67. The zero-order valence-electron chi connectivity index (χ0n) is 16.3. The van der Waals surface area contributed by atoms with Gasteiger partial charge in [-0.3, -0.25) is 14.3 Å². The Morgan fingerprint density at radius 3 is 2.59 bits per heavy atom. The Labute approximate surface area is 172 Å². The highest BCUT2D eigenvalue weighted by Crippen LogP contribution is 2.12. The van der Waals surface area contributed by atoms with Crippen molar-refractivity contribution in [1.29, 1.82) is 0 Å². The minimum atomic E-state index is -1.12. The summed E-state index contributed by atoms with van der Waals surface area (Å²) in [5.41, 5.74) is -0.322. The van der Waals surface area contributed by atoms with E-state index in [1.54, 1.807) is 43.8 Å².